The maximum absolute atomic E-state index is 13.4. The summed E-state index contributed by atoms with van der Waals surface area (Å²) in [5.74, 6) is -1.03. The summed E-state index contributed by atoms with van der Waals surface area (Å²) in [4.78, 5) is 25.1. The standard InChI is InChI=1S/C24H23F3N6O2/c1-4-10-29-23(28-3)35-17-7-5-6-16(12-17)19-11-14(2)33-21(31-19)18(13-30-33)22(34)32-20(15-8-9-15)24(25,26)27/h4-7,10-13,15,20H,3,8-9H2,1-2H3,(H,32,34)/b10-4-,29-23+. The first-order chi connectivity index (χ1) is 16.7. The summed E-state index contributed by atoms with van der Waals surface area (Å²) in [7, 11) is 0. The predicted octanol–water partition coefficient (Wildman–Crippen LogP) is 4.74. The minimum Gasteiger partial charge on any atom is -0.424 e. The Hall–Kier alpha value is -4.02. The number of amides is 1. The third kappa shape index (κ3) is 5.39. The molecule has 1 aromatic carbocycles. The van der Waals surface area contributed by atoms with Gasteiger partial charge in [-0.2, -0.15) is 18.3 Å². The maximum atomic E-state index is 13.4. The third-order valence-corrected chi connectivity index (χ3v) is 5.44. The van der Waals surface area contributed by atoms with Gasteiger partial charge < -0.3 is 10.1 Å². The molecule has 1 unspecified atom stereocenters. The molecule has 1 fully saturated rings. The highest BCUT2D eigenvalue weighted by molar-refractivity contribution is 6.00. The van der Waals surface area contributed by atoms with Gasteiger partial charge in [-0.15, -0.1) is 0 Å². The summed E-state index contributed by atoms with van der Waals surface area (Å²) < 4.78 is 47.3. The van der Waals surface area contributed by atoms with Crippen LogP contribution in [0.4, 0.5) is 13.2 Å². The fraction of sp³-hybridized carbons (Fsp3) is 0.292. The Morgan fingerprint density at radius 3 is 2.77 bits per heavy atom. The smallest absolute Gasteiger partial charge is 0.408 e. The number of carbonyl (C=O) groups is 1. The zero-order chi connectivity index (χ0) is 25.2. The number of aryl methyl sites for hydroxylation is 1. The van der Waals surface area contributed by atoms with Gasteiger partial charge in [0.05, 0.1) is 11.9 Å². The lowest BCUT2D eigenvalue weighted by Crippen LogP contribution is -2.46. The lowest BCUT2D eigenvalue weighted by Gasteiger charge is -2.20. The highest BCUT2D eigenvalue weighted by atomic mass is 19.4. The molecule has 2 heterocycles. The van der Waals surface area contributed by atoms with Crippen LogP contribution in [0, 0.1) is 12.8 Å². The number of rotatable bonds is 6. The van der Waals surface area contributed by atoms with E-state index in [1.165, 1.54) is 16.9 Å². The number of aromatic nitrogens is 3. The number of alkyl halides is 3. The van der Waals surface area contributed by atoms with E-state index >= 15 is 0 Å². The number of carbonyl (C=O) groups excluding carboxylic acids is 1. The molecule has 1 N–H and O–H groups in total. The molecule has 1 amide bonds. The van der Waals surface area contributed by atoms with Crippen LogP contribution in [0.15, 0.2) is 58.8 Å². The summed E-state index contributed by atoms with van der Waals surface area (Å²) in [6.07, 6.45) is 0.806. The Balaban J connectivity index is 1.66. The lowest BCUT2D eigenvalue weighted by molar-refractivity contribution is -0.158. The van der Waals surface area contributed by atoms with Crippen molar-refractivity contribution in [3.8, 4) is 17.0 Å². The van der Waals surface area contributed by atoms with Crippen LogP contribution < -0.4 is 10.1 Å². The molecule has 8 nitrogen and oxygen atoms in total. The molecule has 11 heteroatoms. The molecule has 1 atom stereocenters. The number of allylic oxidation sites excluding steroid dienone is 1. The number of hydrogen-bond acceptors (Lipinski definition) is 5. The van der Waals surface area contributed by atoms with Crippen LogP contribution in [0.5, 0.6) is 5.75 Å². The Labute approximate surface area is 199 Å². The van der Waals surface area contributed by atoms with Gasteiger partial charge in [-0.25, -0.2) is 19.5 Å². The highest BCUT2D eigenvalue weighted by Crippen LogP contribution is 2.40. The molecule has 182 valence electrons. The first-order valence-electron chi connectivity index (χ1n) is 10.9. The molecule has 1 saturated carbocycles. The molecule has 1 aliphatic rings. The summed E-state index contributed by atoms with van der Waals surface area (Å²) in [6, 6.07) is 6.87. The number of ether oxygens (including phenoxy) is 1. The normalized spacial score (nSPS) is 15.4. The number of aliphatic imine (C=N–C) groups is 2. The van der Waals surface area contributed by atoms with E-state index < -0.39 is 24.0 Å². The van der Waals surface area contributed by atoms with E-state index in [9.17, 15) is 18.0 Å². The van der Waals surface area contributed by atoms with Crippen LogP contribution in [0.25, 0.3) is 16.9 Å². The first-order valence-corrected chi connectivity index (χ1v) is 10.9. The lowest BCUT2D eigenvalue weighted by atomic mass is 10.1. The largest absolute Gasteiger partial charge is 0.424 e. The summed E-state index contributed by atoms with van der Waals surface area (Å²) in [6.45, 7) is 7.00. The van der Waals surface area contributed by atoms with E-state index in [1.54, 1.807) is 50.3 Å². The first kappa shape index (κ1) is 24.1. The Kier molecular flexibility index (Phi) is 6.68. The zero-order valence-corrected chi connectivity index (χ0v) is 19.1. The van der Waals surface area contributed by atoms with Crippen LogP contribution >= 0.6 is 0 Å². The second kappa shape index (κ2) is 9.69. The number of benzene rings is 1. The SMILES string of the molecule is C=N/C(=N\C=C/C)Oc1cccc(-c2cc(C)n3ncc(C(=O)NC(C4CC4)C(F)(F)F)c3n2)c1. The average Bonchev–Trinajstić information content (AvgIpc) is 3.56. The monoisotopic (exact) mass is 484 g/mol. The van der Waals surface area contributed by atoms with Crippen LogP contribution in [-0.2, 0) is 0 Å². The molecular formula is C24H23F3N6O2. The number of nitrogens with one attached hydrogen (secondary N) is 1. The molecule has 0 saturated heterocycles. The van der Waals surface area contributed by atoms with Crippen LogP contribution in [0.1, 0.15) is 35.8 Å². The minimum atomic E-state index is -4.52. The van der Waals surface area contributed by atoms with Crippen molar-refractivity contribution in [2.24, 2.45) is 15.9 Å². The second-order valence-corrected chi connectivity index (χ2v) is 8.09. The Morgan fingerprint density at radius 1 is 1.34 bits per heavy atom. The van der Waals surface area contributed by atoms with E-state index in [-0.39, 0.29) is 17.2 Å². The third-order valence-electron chi connectivity index (χ3n) is 5.44. The number of halogens is 3. The van der Waals surface area contributed by atoms with Crippen LogP contribution in [-0.4, -0.2) is 45.5 Å². The number of nitrogens with zero attached hydrogens (tertiary/aromatic N) is 5. The minimum absolute atomic E-state index is 0.0334. The number of hydrogen-bond donors (Lipinski definition) is 1. The van der Waals surface area contributed by atoms with E-state index in [4.69, 9.17) is 4.74 Å². The fourth-order valence-corrected chi connectivity index (χ4v) is 3.60. The van der Waals surface area contributed by atoms with Gasteiger partial charge in [0, 0.05) is 17.5 Å². The summed E-state index contributed by atoms with van der Waals surface area (Å²) in [5, 5.41) is 6.28. The van der Waals surface area contributed by atoms with Gasteiger partial charge in [-0.05, 0) is 57.5 Å². The van der Waals surface area contributed by atoms with Gasteiger partial charge in [0.25, 0.3) is 5.91 Å². The molecule has 0 spiro atoms. The van der Waals surface area contributed by atoms with Gasteiger partial charge in [0.15, 0.2) is 5.65 Å². The molecule has 4 rings (SSSR count). The summed E-state index contributed by atoms with van der Waals surface area (Å²) >= 11 is 0. The van der Waals surface area contributed by atoms with Crippen molar-refractivity contribution in [2.75, 3.05) is 0 Å². The van der Waals surface area contributed by atoms with Crippen molar-refractivity contribution >= 4 is 24.3 Å². The fourth-order valence-electron chi connectivity index (χ4n) is 3.60. The van der Waals surface area contributed by atoms with E-state index in [0.29, 0.717) is 35.5 Å². The van der Waals surface area contributed by atoms with Crippen molar-refractivity contribution < 1.29 is 22.7 Å². The molecule has 35 heavy (non-hydrogen) atoms. The van der Waals surface area contributed by atoms with Crippen molar-refractivity contribution in [1.82, 2.24) is 19.9 Å². The van der Waals surface area contributed by atoms with Gasteiger partial charge in [0.1, 0.15) is 17.4 Å². The Bertz CT molecular complexity index is 1320. The second-order valence-electron chi connectivity index (χ2n) is 8.09. The molecule has 0 aliphatic heterocycles. The van der Waals surface area contributed by atoms with E-state index in [1.807, 2.05) is 0 Å². The molecule has 2 aromatic heterocycles. The van der Waals surface area contributed by atoms with Crippen LogP contribution in [0.3, 0.4) is 0 Å². The zero-order valence-electron chi connectivity index (χ0n) is 19.1. The molecule has 0 radical (unpaired) electrons. The summed E-state index contributed by atoms with van der Waals surface area (Å²) in [5.41, 5.74) is 1.91. The van der Waals surface area contributed by atoms with Crippen molar-refractivity contribution in [3.63, 3.8) is 0 Å². The van der Waals surface area contributed by atoms with E-state index in [2.05, 4.69) is 32.1 Å². The van der Waals surface area contributed by atoms with Crippen molar-refractivity contribution in [1.29, 1.82) is 0 Å². The Morgan fingerprint density at radius 2 is 2.11 bits per heavy atom. The molecule has 0 bridgehead atoms. The van der Waals surface area contributed by atoms with Gasteiger partial charge in [0.2, 0.25) is 0 Å². The van der Waals surface area contributed by atoms with Crippen molar-refractivity contribution in [3.05, 3.63) is 60.1 Å². The molecular weight excluding hydrogens is 461 g/mol. The van der Waals surface area contributed by atoms with Crippen molar-refractivity contribution in [2.45, 2.75) is 38.9 Å². The van der Waals surface area contributed by atoms with E-state index in [0.717, 1.165) is 0 Å². The maximum Gasteiger partial charge on any atom is 0.408 e. The predicted molar refractivity (Wildman–Crippen MR) is 126 cm³/mol. The average molecular weight is 484 g/mol. The molecule has 1 aliphatic carbocycles. The number of fused-ring (bicyclic) bond motifs is 1. The van der Waals surface area contributed by atoms with Gasteiger partial charge >= 0.3 is 12.2 Å². The molecule has 3 aromatic rings. The van der Waals surface area contributed by atoms with Gasteiger partial charge in [-0.3, -0.25) is 4.79 Å². The van der Waals surface area contributed by atoms with Crippen LogP contribution in [0.2, 0.25) is 0 Å². The highest BCUT2D eigenvalue weighted by Gasteiger charge is 2.49. The quantitative estimate of drug-likeness (QED) is 0.404. The number of amidine groups is 1. The topological polar surface area (TPSA) is 93.2 Å². The van der Waals surface area contributed by atoms with Gasteiger partial charge in [-0.1, -0.05) is 18.2 Å².